The van der Waals surface area contributed by atoms with Crippen molar-refractivity contribution in [1.82, 2.24) is 14.9 Å². The molecule has 1 heterocycles. The number of anilines is 1. The van der Waals surface area contributed by atoms with Gasteiger partial charge in [0, 0.05) is 16.2 Å². The van der Waals surface area contributed by atoms with Crippen molar-refractivity contribution in [2.75, 3.05) is 24.0 Å². The van der Waals surface area contributed by atoms with Gasteiger partial charge in [-0.05, 0) is 30.3 Å². The summed E-state index contributed by atoms with van der Waals surface area (Å²) in [5.41, 5.74) is 0.710. The number of nitrogens with zero attached hydrogens (tertiary/aromatic N) is 3. The van der Waals surface area contributed by atoms with Crippen LogP contribution in [0.3, 0.4) is 0 Å². The second kappa shape index (κ2) is 9.47. The van der Waals surface area contributed by atoms with Crippen molar-refractivity contribution in [3.63, 3.8) is 0 Å². The highest BCUT2D eigenvalue weighted by atomic mass is 79.9. The number of hydrogen-bond acceptors (Lipinski definition) is 7. The van der Waals surface area contributed by atoms with Crippen LogP contribution in [0.2, 0.25) is 0 Å². The number of nitrogens with two attached hydrogens (primary N) is 1. The van der Waals surface area contributed by atoms with Gasteiger partial charge in [-0.25, -0.2) is 4.68 Å². The van der Waals surface area contributed by atoms with Crippen LogP contribution in [0.4, 0.5) is 5.69 Å². The van der Waals surface area contributed by atoms with Crippen molar-refractivity contribution < 1.29 is 14.3 Å². The van der Waals surface area contributed by atoms with Gasteiger partial charge >= 0.3 is 0 Å². The quantitative estimate of drug-likeness (QED) is 0.390. The molecule has 8 nitrogen and oxygen atoms in total. The van der Waals surface area contributed by atoms with Crippen LogP contribution in [0.15, 0.2) is 58.2 Å². The fourth-order valence-corrected chi connectivity index (χ4v) is 3.31. The molecule has 0 saturated carbocycles. The largest absolute Gasteiger partial charge is 0.497 e. The van der Waals surface area contributed by atoms with E-state index in [0.717, 1.165) is 4.47 Å². The fourth-order valence-electron chi connectivity index (χ4n) is 2.24. The Morgan fingerprint density at radius 1 is 1.21 bits per heavy atom. The van der Waals surface area contributed by atoms with E-state index in [4.69, 9.17) is 15.3 Å². The number of methoxy groups -OCH3 is 1. The molecule has 3 N–H and O–H groups in total. The third-order valence-corrected chi connectivity index (χ3v) is 5.02. The molecular weight excluding hydrogens is 446 g/mol. The standard InChI is InChI=1S/C18H18BrN5O3S/c1-26-14-6-3-7-15(9-14)27-10-16-22-23-18(24(16)20)28-11-17(25)21-13-5-2-4-12(19)8-13/h2-9H,10-11,20H2,1H3,(H,21,25). The minimum Gasteiger partial charge on any atom is -0.497 e. The normalized spacial score (nSPS) is 10.5. The van der Waals surface area contributed by atoms with Gasteiger partial charge in [0.25, 0.3) is 0 Å². The highest BCUT2D eigenvalue weighted by Gasteiger charge is 2.13. The summed E-state index contributed by atoms with van der Waals surface area (Å²) in [7, 11) is 1.59. The lowest BCUT2D eigenvalue weighted by Crippen LogP contribution is -2.18. The highest BCUT2D eigenvalue weighted by molar-refractivity contribution is 9.10. The average Bonchev–Trinajstić information content (AvgIpc) is 3.04. The molecule has 146 valence electrons. The van der Waals surface area contributed by atoms with E-state index in [1.165, 1.54) is 16.4 Å². The summed E-state index contributed by atoms with van der Waals surface area (Å²) in [6.07, 6.45) is 0. The van der Waals surface area contributed by atoms with Crippen molar-refractivity contribution in [2.45, 2.75) is 11.8 Å². The van der Waals surface area contributed by atoms with Crippen LogP contribution in [0.5, 0.6) is 11.5 Å². The zero-order valence-corrected chi connectivity index (χ0v) is 17.4. The number of carbonyl (C=O) groups is 1. The van der Waals surface area contributed by atoms with Crippen LogP contribution < -0.4 is 20.6 Å². The monoisotopic (exact) mass is 463 g/mol. The van der Waals surface area contributed by atoms with Gasteiger partial charge in [0.2, 0.25) is 11.1 Å². The topological polar surface area (TPSA) is 104 Å². The Kier molecular flexibility index (Phi) is 6.77. The summed E-state index contributed by atoms with van der Waals surface area (Å²) in [6, 6.07) is 14.6. The van der Waals surface area contributed by atoms with Gasteiger partial charge in [-0.1, -0.05) is 39.8 Å². The summed E-state index contributed by atoms with van der Waals surface area (Å²) in [4.78, 5) is 12.1. The summed E-state index contributed by atoms with van der Waals surface area (Å²) >= 11 is 4.56. The third-order valence-electron chi connectivity index (χ3n) is 3.59. The first kappa shape index (κ1) is 20.0. The van der Waals surface area contributed by atoms with Gasteiger partial charge in [0.05, 0.1) is 12.9 Å². The van der Waals surface area contributed by atoms with Crippen LogP contribution in [-0.2, 0) is 11.4 Å². The van der Waals surface area contributed by atoms with Crippen LogP contribution in [0.1, 0.15) is 5.82 Å². The van der Waals surface area contributed by atoms with E-state index in [1.54, 1.807) is 13.2 Å². The SMILES string of the molecule is COc1cccc(OCc2nnc(SCC(=O)Nc3cccc(Br)c3)n2N)c1. The molecule has 2 aromatic carbocycles. The molecule has 0 bridgehead atoms. The smallest absolute Gasteiger partial charge is 0.234 e. The van der Waals surface area contributed by atoms with E-state index in [1.807, 2.05) is 42.5 Å². The molecule has 0 aliphatic heterocycles. The molecule has 0 aliphatic carbocycles. The number of carbonyl (C=O) groups excluding carboxylic acids is 1. The first-order chi connectivity index (χ1) is 13.5. The van der Waals surface area contributed by atoms with Crippen LogP contribution >= 0.6 is 27.7 Å². The molecule has 10 heteroatoms. The molecule has 3 aromatic rings. The predicted molar refractivity (Wildman–Crippen MR) is 111 cm³/mol. The molecule has 0 fully saturated rings. The molecule has 0 aliphatic rings. The van der Waals surface area contributed by atoms with Crippen LogP contribution in [-0.4, -0.2) is 33.6 Å². The van der Waals surface area contributed by atoms with Gasteiger partial charge in [0.15, 0.2) is 5.82 Å². The summed E-state index contributed by atoms with van der Waals surface area (Å²) in [5.74, 6) is 7.76. The molecule has 0 radical (unpaired) electrons. The Balaban J connectivity index is 1.53. The number of benzene rings is 2. The maximum atomic E-state index is 12.1. The Bertz CT molecular complexity index is 966. The van der Waals surface area contributed by atoms with E-state index >= 15 is 0 Å². The van der Waals surface area contributed by atoms with Crippen LogP contribution in [0.25, 0.3) is 0 Å². The molecular formula is C18H18BrN5O3S. The number of nitrogens with one attached hydrogen (secondary N) is 1. The second-order valence-corrected chi connectivity index (χ2v) is 7.44. The number of nitrogen functional groups attached to an aromatic ring is 1. The lowest BCUT2D eigenvalue weighted by Gasteiger charge is -2.08. The molecule has 0 saturated heterocycles. The summed E-state index contributed by atoms with van der Waals surface area (Å²) in [5, 5.41) is 11.3. The zero-order valence-electron chi connectivity index (χ0n) is 15.0. The molecule has 1 amide bonds. The summed E-state index contributed by atoms with van der Waals surface area (Å²) in [6.45, 7) is 0.140. The molecule has 0 unspecified atom stereocenters. The minimum atomic E-state index is -0.166. The number of ether oxygens (including phenoxy) is 2. The first-order valence-corrected chi connectivity index (χ1v) is 9.97. The molecule has 0 spiro atoms. The predicted octanol–water partition coefficient (Wildman–Crippen LogP) is 3.07. The van der Waals surface area contributed by atoms with Gasteiger partial charge in [0.1, 0.15) is 18.1 Å². The van der Waals surface area contributed by atoms with E-state index < -0.39 is 0 Å². The fraction of sp³-hybridized carbons (Fsp3) is 0.167. The number of halogens is 1. The van der Waals surface area contributed by atoms with E-state index in [0.29, 0.717) is 28.2 Å². The molecule has 3 rings (SSSR count). The van der Waals surface area contributed by atoms with Crippen molar-refractivity contribution in [1.29, 1.82) is 0 Å². The van der Waals surface area contributed by atoms with Gasteiger partial charge in [-0.3, -0.25) is 4.79 Å². The number of hydrogen-bond donors (Lipinski definition) is 2. The minimum absolute atomic E-state index is 0.140. The summed E-state index contributed by atoms with van der Waals surface area (Å²) < 4.78 is 13.0. The highest BCUT2D eigenvalue weighted by Crippen LogP contribution is 2.21. The average molecular weight is 464 g/mol. The van der Waals surface area contributed by atoms with Crippen molar-refractivity contribution >= 4 is 39.3 Å². The molecule has 28 heavy (non-hydrogen) atoms. The Morgan fingerprint density at radius 3 is 2.79 bits per heavy atom. The van der Waals surface area contributed by atoms with Gasteiger partial charge in [-0.15, -0.1) is 10.2 Å². The number of rotatable bonds is 8. The van der Waals surface area contributed by atoms with Gasteiger partial charge < -0.3 is 20.6 Å². The number of thioether (sulfide) groups is 1. The maximum Gasteiger partial charge on any atom is 0.234 e. The van der Waals surface area contributed by atoms with Gasteiger partial charge in [-0.2, -0.15) is 0 Å². The lowest BCUT2D eigenvalue weighted by atomic mass is 10.3. The van der Waals surface area contributed by atoms with E-state index in [-0.39, 0.29) is 18.3 Å². The molecule has 0 atom stereocenters. The Morgan fingerprint density at radius 2 is 2.00 bits per heavy atom. The number of aromatic nitrogens is 3. The first-order valence-electron chi connectivity index (χ1n) is 8.19. The van der Waals surface area contributed by atoms with Crippen LogP contribution in [0, 0.1) is 0 Å². The Hall–Kier alpha value is -2.72. The number of amides is 1. The van der Waals surface area contributed by atoms with E-state index in [2.05, 4.69) is 31.4 Å². The second-order valence-electron chi connectivity index (χ2n) is 5.58. The zero-order chi connectivity index (χ0) is 19.9. The van der Waals surface area contributed by atoms with E-state index in [9.17, 15) is 4.79 Å². The van der Waals surface area contributed by atoms with Crippen molar-refractivity contribution in [3.05, 3.63) is 58.8 Å². The van der Waals surface area contributed by atoms with Crippen molar-refractivity contribution in [3.8, 4) is 11.5 Å². The molecule has 1 aromatic heterocycles. The van der Waals surface area contributed by atoms with Crippen molar-refractivity contribution in [2.24, 2.45) is 0 Å². The maximum absolute atomic E-state index is 12.1. The third kappa shape index (κ3) is 5.40. The Labute approximate surface area is 174 Å². The lowest BCUT2D eigenvalue weighted by molar-refractivity contribution is -0.113.